The molecule has 0 spiro atoms. The quantitative estimate of drug-likeness (QED) is 0.0758. The number of hydrogen-bond donors (Lipinski definition) is 5. The van der Waals surface area contributed by atoms with Gasteiger partial charge in [0, 0.05) is 39.3 Å². The molecule has 1 aromatic heterocycles. The fraction of sp³-hybridized carbons (Fsp3) is 0.400. The molecule has 0 saturated carbocycles. The smallest absolute Gasteiger partial charge is 0.338 e. The second kappa shape index (κ2) is 17.6. The molecule has 0 fully saturated rings. The lowest BCUT2D eigenvalue weighted by atomic mass is 10.0. The summed E-state index contributed by atoms with van der Waals surface area (Å²) in [5, 5.41) is 15.5. The maximum Gasteiger partial charge on any atom is 0.338 e. The number of nitrogens with one attached hydrogen (secondary N) is 5. The molecule has 0 aliphatic carbocycles. The third-order valence-electron chi connectivity index (χ3n) is 7.79. The van der Waals surface area contributed by atoms with Crippen molar-refractivity contribution in [3.05, 3.63) is 89.5 Å². The fourth-order valence-corrected chi connectivity index (χ4v) is 5.03. The summed E-state index contributed by atoms with van der Waals surface area (Å²) in [6, 6.07) is 20.9. The Kier molecular flexibility index (Phi) is 13.3. The van der Waals surface area contributed by atoms with Gasteiger partial charge in [0.05, 0.1) is 12.2 Å². The van der Waals surface area contributed by atoms with E-state index in [2.05, 4.69) is 55.4 Å². The number of hydrogen-bond acceptors (Lipinski definition) is 10. The van der Waals surface area contributed by atoms with E-state index < -0.39 is 0 Å². The molecule has 5 N–H and O–H groups in total. The van der Waals surface area contributed by atoms with E-state index in [1.165, 1.54) is 0 Å². The fourth-order valence-electron chi connectivity index (χ4n) is 5.03. The first-order valence-electron chi connectivity index (χ1n) is 17.8. The zero-order chi connectivity index (χ0) is 37.9. The lowest BCUT2D eigenvalue weighted by Gasteiger charge is -2.20. The summed E-state index contributed by atoms with van der Waals surface area (Å²) in [5.74, 6) is 0.369. The van der Waals surface area contributed by atoms with Crippen LogP contribution in [0.3, 0.4) is 0 Å². The van der Waals surface area contributed by atoms with Crippen LogP contribution in [0.2, 0.25) is 0 Å². The van der Waals surface area contributed by atoms with Crippen LogP contribution < -0.4 is 26.6 Å². The summed E-state index contributed by atoms with van der Waals surface area (Å²) >= 11 is 0. The molecule has 276 valence electrons. The number of anilines is 6. The van der Waals surface area contributed by atoms with Gasteiger partial charge in [-0.15, -0.1) is 0 Å². The summed E-state index contributed by atoms with van der Waals surface area (Å²) in [4.78, 5) is 51.7. The van der Waals surface area contributed by atoms with Gasteiger partial charge in [-0.05, 0) is 127 Å². The van der Waals surface area contributed by atoms with Crippen LogP contribution in [0.5, 0.6) is 0 Å². The van der Waals surface area contributed by atoms with Gasteiger partial charge in [-0.2, -0.15) is 15.0 Å². The molecular weight excluding hydrogens is 656 g/mol. The number of benzene rings is 3. The Morgan fingerprint density at radius 3 is 1.29 bits per heavy atom. The lowest BCUT2D eigenvalue weighted by molar-refractivity contribution is 0.0428. The van der Waals surface area contributed by atoms with Crippen molar-refractivity contribution >= 4 is 52.7 Å². The van der Waals surface area contributed by atoms with Gasteiger partial charge >= 0.3 is 5.97 Å². The summed E-state index contributed by atoms with van der Waals surface area (Å²) < 4.78 is 5.61. The van der Waals surface area contributed by atoms with Gasteiger partial charge in [-0.3, -0.25) is 9.59 Å². The van der Waals surface area contributed by atoms with E-state index in [1.54, 1.807) is 72.8 Å². The Bertz CT molecular complexity index is 1700. The summed E-state index contributed by atoms with van der Waals surface area (Å²) in [5.41, 5.74) is 2.75. The molecule has 0 aliphatic rings. The van der Waals surface area contributed by atoms with Crippen molar-refractivity contribution in [3.63, 3.8) is 0 Å². The molecule has 4 rings (SSSR count). The molecule has 0 saturated heterocycles. The third kappa shape index (κ3) is 12.7. The van der Waals surface area contributed by atoms with Crippen molar-refractivity contribution in [2.45, 2.75) is 92.2 Å². The van der Waals surface area contributed by atoms with Gasteiger partial charge in [-0.1, -0.05) is 33.1 Å². The van der Waals surface area contributed by atoms with E-state index in [0.29, 0.717) is 46.3 Å². The molecule has 2 amide bonds. The van der Waals surface area contributed by atoms with Gasteiger partial charge in [0.25, 0.3) is 11.8 Å². The van der Waals surface area contributed by atoms with Crippen molar-refractivity contribution in [1.82, 2.24) is 25.6 Å². The Morgan fingerprint density at radius 1 is 0.596 bits per heavy atom. The minimum Gasteiger partial charge on any atom is -0.462 e. The normalized spacial score (nSPS) is 12.0. The topological polar surface area (TPSA) is 159 Å². The zero-order valence-electron chi connectivity index (χ0n) is 31.5. The van der Waals surface area contributed by atoms with Crippen molar-refractivity contribution in [2.24, 2.45) is 5.92 Å². The summed E-state index contributed by atoms with van der Waals surface area (Å²) in [6.45, 7) is 16.3. The van der Waals surface area contributed by atoms with Gasteiger partial charge < -0.3 is 31.3 Å². The number of unbranched alkanes of at least 4 members (excludes halogenated alkanes) is 1. The molecule has 1 heterocycles. The summed E-state index contributed by atoms with van der Waals surface area (Å²) in [6.07, 6.45) is 4.25. The van der Waals surface area contributed by atoms with E-state index in [1.807, 2.05) is 41.5 Å². The molecule has 1 unspecified atom stereocenters. The highest BCUT2D eigenvalue weighted by molar-refractivity contribution is 5.95. The molecule has 3 aromatic carbocycles. The van der Waals surface area contributed by atoms with Crippen LogP contribution in [0.1, 0.15) is 112 Å². The average molecular weight is 709 g/mol. The average Bonchev–Trinajstić information content (AvgIpc) is 3.07. The molecule has 12 nitrogen and oxygen atoms in total. The number of esters is 1. The zero-order valence-corrected chi connectivity index (χ0v) is 31.5. The second-order valence-electron chi connectivity index (χ2n) is 14.8. The third-order valence-corrected chi connectivity index (χ3v) is 7.79. The largest absolute Gasteiger partial charge is 0.462 e. The highest BCUT2D eigenvalue weighted by atomic mass is 16.5. The molecule has 52 heavy (non-hydrogen) atoms. The predicted molar refractivity (Wildman–Crippen MR) is 207 cm³/mol. The lowest BCUT2D eigenvalue weighted by Crippen LogP contribution is -2.40. The molecule has 0 bridgehead atoms. The monoisotopic (exact) mass is 708 g/mol. The Morgan fingerprint density at radius 2 is 0.962 bits per heavy atom. The minimum atomic E-state index is -0.360. The van der Waals surface area contributed by atoms with Crippen molar-refractivity contribution < 1.29 is 19.1 Å². The molecular formula is C40H52N8O4. The Balaban J connectivity index is 1.53. The van der Waals surface area contributed by atoms with Crippen molar-refractivity contribution in [1.29, 1.82) is 0 Å². The standard InChI is InChI=1S/C40H52N8O4/c1-9-11-12-26(10-2)25-52-35(51)29-17-23-32(24-18-29)43-38-45-36(41-30-19-13-27(14-20-30)33(49)47-39(3,4)5)44-37(46-38)42-31-21-15-28(16-22-31)34(50)48-40(6,7)8/h13-24,26H,9-12,25H2,1-8H3,(H,47,49)(H,48,50)(H3,41,42,43,44,45,46). The van der Waals surface area contributed by atoms with Gasteiger partial charge in [0.1, 0.15) is 0 Å². The van der Waals surface area contributed by atoms with Crippen LogP contribution in [0, 0.1) is 5.92 Å². The van der Waals surface area contributed by atoms with Crippen molar-refractivity contribution in [3.8, 4) is 0 Å². The van der Waals surface area contributed by atoms with E-state index in [0.717, 1.165) is 25.7 Å². The predicted octanol–water partition coefficient (Wildman–Crippen LogP) is 8.53. The van der Waals surface area contributed by atoms with Gasteiger partial charge in [0.15, 0.2) is 0 Å². The minimum absolute atomic E-state index is 0.171. The SMILES string of the molecule is CCCCC(CC)COC(=O)c1ccc(Nc2nc(Nc3ccc(C(=O)NC(C)(C)C)cc3)nc(Nc3ccc(C(=O)NC(C)(C)C)cc3)n2)cc1. The highest BCUT2D eigenvalue weighted by Gasteiger charge is 2.17. The molecule has 0 aliphatic heterocycles. The highest BCUT2D eigenvalue weighted by Crippen LogP contribution is 2.23. The first-order chi connectivity index (χ1) is 24.6. The van der Waals surface area contributed by atoms with E-state index >= 15 is 0 Å². The first-order valence-corrected chi connectivity index (χ1v) is 17.8. The number of carbonyl (C=O) groups excluding carboxylic acids is 3. The molecule has 0 radical (unpaired) electrons. The Hall–Kier alpha value is -5.52. The number of carbonyl (C=O) groups is 3. The number of nitrogens with zero attached hydrogens (tertiary/aromatic N) is 3. The van der Waals surface area contributed by atoms with Gasteiger partial charge in [0.2, 0.25) is 17.8 Å². The summed E-state index contributed by atoms with van der Waals surface area (Å²) in [7, 11) is 0. The van der Waals surface area contributed by atoms with Gasteiger partial charge in [-0.25, -0.2) is 4.79 Å². The maximum absolute atomic E-state index is 12.7. The number of amides is 2. The van der Waals surface area contributed by atoms with Crippen LogP contribution in [-0.4, -0.2) is 50.4 Å². The van der Waals surface area contributed by atoms with Crippen LogP contribution in [0.15, 0.2) is 72.8 Å². The second-order valence-corrected chi connectivity index (χ2v) is 14.8. The van der Waals surface area contributed by atoms with Crippen molar-refractivity contribution in [2.75, 3.05) is 22.6 Å². The first kappa shape index (κ1) is 39.3. The molecule has 4 aromatic rings. The van der Waals surface area contributed by atoms with E-state index in [-0.39, 0.29) is 46.7 Å². The maximum atomic E-state index is 12.7. The Labute approximate surface area is 307 Å². The molecule has 1 atom stereocenters. The number of rotatable bonds is 15. The van der Waals surface area contributed by atoms with Crippen LogP contribution in [-0.2, 0) is 4.74 Å². The number of aromatic nitrogens is 3. The van der Waals surface area contributed by atoms with E-state index in [4.69, 9.17) is 4.74 Å². The van der Waals surface area contributed by atoms with E-state index in [9.17, 15) is 14.4 Å². The van der Waals surface area contributed by atoms with Crippen LogP contribution in [0.4, 0.5) is 34.9 Å². The van der Waals surface area contributed by atoms with Crippen LogP contribution in [0.25, 0.3) is 0 Å². The molecule has 12 heteroatoms. The number of ether oxygens (including phenoxy) is 1. The van der Waals surface area contributed by atoms with Crippen LogP contribution >= 0.6 is 0 Å².